The lowest BCUT2D eigenvalue weighted by Gasteiger charge is -2.33. The van der Waals surface area contributed by atoms with Gasteiger partial charge in [-0.2, -0.15) is 0 Å². The van der Waals surface area contributed by atoms with E-state index in [-0.39, 0.29) is 5.91 Å². The number of hydrogen-bond donors (Lipinski definition) is 0. The highest BCUT2D eigenvalue weighted by Gasteiger charge is 2.29. The zero-order valence-corrected chi connectivity index (χ0v) is 15.0. The number of carbonyl (C=O) groups is 1. The first-order valence-corrected chi connectivity index (χ1v) is 9.53. The Morgan fingerprint density at radius 2 is 2.16 bits per heavy atom. The second kappa shape index (κ2) is 7.03. The summed E-state index contributed by atoms with van der Waals surface area (Å²) in [5.74, 6) is 2.65. The van der Waals surface area contributed by atoms with E-state index in [2.05, 4.69) is 40.9 Å². The molecule has 132 valence electrons. The average molecular weight is 337 g/mol. The summed E-state index contributed by atoms with van der Waals surface area (Å²) in [5.41, 5.74) is 2.33. The van der Waals surface area contributed by atoms with Gasteiger partial charge in [0.05, 0.1) is 6.42 Å². The molecule has 2 fully saturated rings. The molecule has 1 aliphatic carbocycles. The zero-order chi connectivity index (χ0) is 17.2. The number of likely N-dealkylation sites (tertiary alicyclic amines) is 1. The van der Waals surface area contributed by atoms with Crippen molar-refractivity contribution in [3.8, 4) is 0 Å². The van der Waals surface area contributed by atoms with Crippen molar-refractivity contribution in [2.45, 2.75) is 51.5 Å². The van der Waals surface area contributed by atoms with Crippen LogP contribution in [-0.2, 0) is 17.8 Å². The minimum atomic E-state index is 0.246. The molecule has 25 heavy (non-hydrogen) atoms. The lowest BCUT2D eigenvalue weighted by molar-refractivity contribution is -0.131. The Bertz CT molecular complexity index is 747. The molecule has 1 saturated carbocycles. The number of hydrogen-bond acceptors (Lipinski definition) is 2. The van der Waals surface area contributed by atoms with E-state index in [1.807, 2.05) is 17.2 Å². The van der Waals surface area contributed by atoms with Crippen molar-refractivity contribution in [2.75, 3.05) is 13.1 Å². The predicted octanol–water partition coefficient (Wildman–Crippen LogP) is 3.55. The number of imidazole rings is 1. The Morgan fingerprint density at radius 3 is 2.96 bits per heavy atom. The van der Waals surface area contributed by atoms with Gasteiger partial charge in [0.15, 0.2) is 0 Å². The number of amides is 1. The maximum Gasteiger partial charge on any atom is 0.227 e. The number of benzene rings is 1. The van der Waals surface area contributed by atoms with Crippen LogP contribution in [0.2, 0.25) is 0 Å². The molecule has 0 radical (unpaired) electrons. The van der Waals surface area contributed by atoms with Crippen molar-refractivity contribution in [2.24, 2.45) is 5.92 Å². The van der Waals surface area contributed by atoms with Gasteiger partial charge < -0.3 is 9.47 Å². The van der Waals surface area contributed by atoms with Crippen LogP contribution in [-0.4, -0.2) is 33.4 Å². The van der Waals surface area contributed by atoms with Crippen LogP contribution in [0, 0.1) is 12.8 Å². The molecule has 0 bridgehead atoms. The number of aryl methyl sites for hydroxylation is 1. The number of piperidine rings is 1. The molecule has 0 spiro atoms. The summed E-state index contributed by atoms with van der Waals surface area (Å²) in [6.45, 7) is 4.87. The van der Waals surface area contributed by atoms with Crippen molar-refractivity contribution < 1.29 is 4.79 Å². The second-order valence-electron chi connectivity index (χ2n) is 7.73. The molecule has 0 unspecified atom stereocenters. The summed E-state index contributed by atoms with van der Waals surface area (Å²) in [4.78, 5) is 19.4. The summed E-state index contributed by atoms with van der Waals surface area (Å²) in [5, 5.41) is 0. The van der Waals surface area contributed by atoms with E-state index in [9.17, 15) is 4.79 Å². The molecule has 1 aliphatic heterocycles. The molecule has 2 aromatic rings. The fourth-order valence-corrected chi connectivity index (χ4v) is 3.94. The van der Waals surface area contributed by atoms with Gasteiger partial charge in [-0.3, -0.25) is 4.79 Å². The Labute approximate surface area is 149 Å². The van der Waals surface area contributed by atoms with Crippen LogP contribution in [0.15, 0.2) is 36.7 Å². The second-order valence-corrected chi connectivity index (χ2v) is 7.73. The normalized spacial score (nSPS) is 20.7. The fraction of sp³-hybridized carbons (Fsp3) is 0.524. The van der Waals surface area contributed by atoms with E-state index >= 15 is 0 Å². The van der Waals surface area contributed by atoms with Crippen molar-refractivity contribution in [3.63, 3.8) is 0 Å². The Balaban J connectivity index is 1.42. The van der Waals surface area contributed by atoms with E-state index in [0.717, 1.165) is 44.0 Å². The molecule has 1 aromatic heterocycles. The molecule has 4 nitrogen and oxygen atoms in total. The quantitative estimate of drug-likeness (QED) is 0.837. The molecular weight excluding hydrogens is 310 g/mol. The van der Waals surface area contributed by atoms with Crippen molar-refractivity contribution in [1.29, 1.82) is 0 Å². The number of rotatable bonds is 5. The predicted molar refractivity (Wildman–Crippen MR) is 98.4 cm³/mol. The minimum absolute atomic E-state index is 0.246. The molecule has 2 heterocycles. The molecule has 4 heteroatoms. The van der Waals surface area contributed by atoms with Crippen molar-refractivity contribution in [3.05, 3.63) is 53.6 Å². The Kier molecular flexibility index (Phi) is 4.60. The van der Waals surface area contributed by atoms with Gasteiger partial charge in [-0.15, -0.1) is 0 Å². The molecular formula is C21H27N3O. The van der Waals surface area contributed by atoms with Gasteiger partial charge in [0.25, 0.3) is 0 Å². The SMILES string of the molecule is Cc1cccc(CC(=O)N2CCC[C@@H](c3nccn3CC3CC3)C2)c1. The topological polar surface area (TPSA) is 38.1 Å². The molecule has 2 aliphatic rings. The fourth-order valence-electron chi connectivity index (χ4n) is 3.94. The Hall–Kier alpha value is -2.10. The highest BCUT2D eigenvalue weighted by molar-refractivity contribution is 5.79. The third kappa shape index (κ3) is 3.94. The van der Waals surface area contributed by atoms with E-state index in [1.54, 1.807) is 0 Å². The van der Waals surface area contributed by atoms with Gasteiger partial charge in [-0.1, -0.05) is 29.8 Å². The third-order valence-corrected chi connectivity index (χ3v) is 5.48. The summed E-state index contributed by atoms with van der Waals surface area (Å²) in [7, 11) is 0. The first-order chi connectivity index (χ1) is 12.2. The number of nitrogens with zero attached hydrogens (tertiary/aromatic N) is 3. The molecule has 1 aromatic carbocycles. The summed E-state index contributed by atoms with van der Waals surface area (Å²) in [6, 6.07) is 8.27. The molecule has 1 atom stereocenters. The maximum absolute atomic E-state index is 12.8. The first-order valence-electron chi connectivity index (χ1n) is 9.53. The zero-order valence-electron chi connectivity index (χ0n) is 15.0. The first kappa shape index (κ1) is 16.4. The lowest BCUT2D eigenvalue weighted by atomic mass is 9.96. The number of carbonyl (C=O) groups excluding carboxylic acids is 1. The van der Waals surface area contributed by atoms with E-state index < -0.39 is 0 Å². The lowest BCUT2D eigenvalue weighted by Crippen LogP contribution is -2.40. The average Bonchev–Trinajstić information content (AvgIpc) is 3.30. The van der Waals surface area contributed by atoms with Crippen LogP contribution in [0.5, 0.6) is 0 Å². The largest absolute Gasteiger partial charge is 0.342 e. The molecule has 4 rings (SSSR count). The van der Waals surface area contributed by atoms with Crippen LogP contribution in [0.4, 0.5) is 0 Å². The van der Waals surface area contributed by atoms with Gasteiger partial charge in [-0.25, -0.2) is 4.98 Å². The molecule has 1 saturated heterocycles. The van der Waals surface area contributed by atoms with Crippen LogP contribution in [0.3, 0.4) is 0 Å². The van der Waals surface area contributed by atoms with E-state index in [1.165, 1.54) is 24.2 Å². The van der Waals surface area contributed by atoms with Crippen LogP contribution < -0.4 is 0 Å². The monoisotopic (exact) mass is 337 g/mol. The molecule has 0 N–H and O–H groups in total. The standard InChI is InChI=1S/C21H27N3O/c1-16-4-2-5-18(12-16)13-20(25)23-10-3-6-19(15-23)21-22-9-11-24(21)14-17-7-8-17/h2,4-5,9,11-12,17,19H,3,6-8,10,13-15H2,1H3/t19-/m1/s1. The van der Waals surface area contributed by atoms with Gasteiger partial charge in [0, 0.05) is 37.9 Å². The van der Waals surface area contributed by atoms with Crippen LogP contribution in [0.25, 0.3) is 0 Å². The summed E-state index contributed by atoms with van der Waals surface area (Å²) < 4.78 is 2.33. The minimum Gasteiger partial charge on any atom is -0.342 e. The van der Waals surface area contributed by atoms with Crippen molar-refractivity contribution in [1.82, 2.24) is 14.5 Å². The van der Waals surface area contributed by atoms with Crippen molar-refractivity contribution >= 4 is 5.91 Å². The van der Waals surface area contributed by atoms with Crippen LogP contribution in [0.1, 0.15) is 48.6 Å². The third-order valence-electron chi connectivity index (χ3n) is 5.48. The highest BCUT2D eigenvalue weighted by Crippen LogP contribution is 2.33. The van der Waals surface area contributed by atoms with Crippen LogP contribution >= 0.6 is 0 Å². The Morgan fingerprint density at radius 1 is 1.28 bits per heavy atom. The molecule has 1 amide bonds. The van der Waals surface area contributed by atoms with Gasteiger partial charge in [0.2, 0.25) is 5.91 Å². The maximum atomic E-state index is 12.8. The summed E-state index contributed by atoms with van der Waals surface area (Å²) >= 11 is 0. The number of aromatic nitrogens is 2. The van der Waals surface area contributed by atoms with Gasteiger partial charge in [0.1, 0.15) is 5.82 Å². The van der Waals surface area contributed by atoms with Gasteiger partial charge in [-0.05, 0) is 44.1 Å². The highest BCUT2D eigenvalue weighted by atomic mass is 16.2. The van der Waals surface area contributed by atoms with Gasteiger partial charge >= 0.3 is 0 Å². The van der Waals surface area contributed by atoms with E-state index in [0.29, 0.717) is 12.3 Å². The van der Waals surface area contributed by atoms with E-state index in [4.69, 9.17) is 0 Å². The summed E-state index contributed by atoms with van der Waals surface area (Å²) in [6.07, 6.45) is 9.44. The smallest absolute Gasteiger partial charge is 0.227 e.